The standard InChI is InChI=1S/C25H32N2O6S2/c1-18-12-14-21(15-13-18)35(29,30)27(6)19(2)33-23(34)22(17-32-25(3,4)5)26-24(28)31-16-20-10-8-7-9-11-20/h7-15,22H,2,16-17H2,1,3-6H3,(H,26,28). The molecule has 1 unspecified atom stereocenters. The Hall–Kier alpha value is -2.95. The van der Waals surface area contributed by atoms with Gasteiger partial charge < -0.3 is 19.5 Å². The molecule has 0 saturated carbocycles. The lowest BCUT2D eigenvalue weighted by Crippen LogP contribution is -2.46. The maximum atomic E-state index is 12.9. The molecule has 0 fully saturated rings. The van der Waals surface area contributed by atoms with Crippen LogP contribution >= 0.6 is 12.2 Å². The minimum atomic E-state index is -3.92. The lowest BCUT2D eigenvalue weighted by atomic mass is 10.2. The highest BCUT2D eigenvalue weighted by Crippen LogP contribution is 2.20. The number of amides is 1. The van der Waals surface area contributed by atoms with Crippen molar-refractivity contribution in [3.05, 3.63) is 78.2 Å². The van der Waals surface area contributed by atoms with Gasteiger partial charge in [0.05, 0.1) is 17.1 Å². The van der Waals surface area contributed by atoms with Gasteiger partial charge in [-0.15, -0.1) is 0 Å². The first-order valence-electron chi connectivity index (χ1n) is 10.9. The molecule has 0 spiro atoms. The number of thiocarbonyl (C=S) groups is 1. The van der Waals surface area contributed by atoms with Crippen molar-refractivity contribution >= 4 is 33.4 Å². The predicted molar refractivity (Wildman–Crippen MR) is 138 cm³/mol. The summed E-state index contributed by atoms with van der Waals surface area (Å²) in [6, 6.07) is 14.7. The number of aryl methyl sites for hydroxylation is 1. The van der Waals surface area contributed by atoms with Crippen LogP contribution in [-0.4, -0.2) is 49.2 Å². The summed E-state index contributed by atoms with van der Waals surface area (Å²) in [5, 5.41) is 2.50. The summed E-state index contributed by atoms with van der Waals surface area (Å²) in [7, 11) is -2.61. The Kier molecular flexibility index (Phi) is 9.82. The number of hydrogen-bond donors (Lipinski definition) is 1. The first-order valence-corrected chi connectivity index (χ1v) is 12.7. The molecule has 0 radical (unpaired) electrons. The van der Waals surface area contributed by atoms with Gasteiger partial charge in [0, 0.05) is 7.05 Å². The van der Waals surface area contributed by atoms with Crippen LogP contribution in [0.5, 0.6) is 0 Å². The van der Waals surface area contributed by atoms with Crippen molar-refractivity contribution in [2.45, 2.75) is 50.8 Å². The van der Waals surface area contributed by atoms with Gasteiger partial charge in [-0.1, -0.05) is 48.0 Å². The van der Waals surface area contributed by atoms with Gasteiger partial charge in [0.25, 0.3) is 10.0 Å². The molecule has 0 aliphatic rings. The fourth-order valence-corrected chi connectivity index (χ4v) is 3.99. The Morgan fingerprint density at radius 3 is 2.29 bits per heavy atom. The number of rotatable bonds is 10. The van der Waals surface area contributed by atoms with E-state index in [2.05, 4.69) is 11.9 Å². The number of benzene rings is 2. The van der Waals surface area contributed by atoms with Crippen LogP contribution in [0, 0.1) is 6.92 Å². The molecule has 0 heterocycles. The lowest BCUT2D eigenvalue weighted by molar-refractivity contribution is -0.00867. The Morgan fingerprint density at radius 2 is 1.71 bits per heavy atom. The maximum Gasteiger partial charge on any atom is 0.408 e. The number of nitrogens with one attached hydrogen (secondary N) is 1. The van der Waals surface area contributed by atoms with Gasteiger partial charge in [0.15, 0.2) is 5.05 Å². The van der Waals surface area contributed by atoms with Gasteiger partial charge in [-0.3, -0.25) is 0 Å². The Bertz CT molecular complexity index is 1130. The second kappa shape index (κ2) is 12.1. The van der Waals surface area contributed by atoms with E-state index in [1.807, 2.05) is 58.0 Å². The third-order valence-corrected chi connectivity index (χ3v) is 6.88. The molecule has 1 amide bonds. The van der Waals surface area contributed by atoms with Gasteiger partial charge >= 0.3 is 6.09 Å². The fraction of sp³-hybridized carbons (Fsp3) is 0.360. The molecule has 2 aromatic carbocycles. The quantitative estimate of drug-likeness (QED) is 0.363. The van der Waals surface area contributed by atoms with Crippen molar-refractivity contribution in [1.29, 1.82) is 0 Å². The van der Waals surface area contributed by atoms with Crippen molar-refractivity contribution < 1.29 is 27.4 Å². The van der Waals surface area contributed by atoms with E-state index in [0.717, 1.165) is 15.4 Å². The van der Waals surface area contributed by atoms with Crippen molar-refractivity contribution in [2.75, 3.05) is 13.7 Å². The lowest BCUT2D eigenvalue weighted by Gasteiger charge is -2.27. The minimum absolute atomic E-state index is 0.0233. The zero-order chi connectivity index (χ0) is 26.2. The highest BCUT2D eigenvalue weighted by Gasteiger charge is 2.28. The van der Waals surface area contributed by atoms with Gasteiger partial charge in [0.2, 0.25) is 5.88 Å². The van der Waals surface area contributed by atoms with Crippen LogP contribution in [0.25, 0.3) is 0 Å². The number of alkyl carbamates (subject to hydrolysis) is 1. The largest absolute Gasteiger partial charge is 0.445 e. The molecular formula is C25H32N2O6S2. The van der Waals surface area contributed by atoms with Crippen molar-refractivity contribution in [3.8, 4) is 0 Å². The zero-order valence-corrected chi connectivity index (χ0v) is 22.2. The third kappa shape index (κ3) is 8.97. The SMILES string of the molecule is C=C(OC(=S)C(COC(C)(C)C)NC(=O)OCc1ccccc1)N(C)S(=O)(=O)c1ccc(C)cc1. The van der Waals surface area contributed by atoms with Crippen LogP contribution in [0.15, 0.2) is 72.0 Å². The smallest absolute Gasteiger partial charge is 0.408 e. The van der Waals surface area contributed by atoms with E-state index in [9.17, 15) is 13.2 Å². The second-order valence-corrected chi connectivity index (χ2v) is 11.2. The van der Waals surface area contributed by atoms with E-state index in [0.29, 0.717) is 0 Å². The van der Waals surface area contributed by atoms with Gasteiger partial charge in [-0.25, -0.2) is 17.5 Å². The van der Waals surface area contributed by atoms with Gasteiger partial charge in [-0.05, 0) is 64.2 Å². The molecule has 0 bridgehead atoms. The van der Waals surface area contributed by atoms with Crippen LogP contribution in [0.1, 0.15) is 31.9 Å². The molecule has 190 valence electrons. The van der Waals surface area contributed by atoms with E-state index in [1.54, 1.807) is 12.1 Å². The van der Waals surface area contributed by atoms with Crippen LogP contribution in [0.2, 0.25) is 0 Å². The van der Waals surface area contributed by atoms with Crippen LogP contribution in [0.4, 0.5) is 4.79 Å². The third-order valence-electron chi connectivity index (χ3n) is 4.72. The van der Waals surface area contributed by atoms with E-state index in [1.165, 1.54) is 19.2 Å². The number of ether oxygens (including phenoxy) is 3. The van der Waals surface area contributed by atoms with Crippen molar-refractivity contribution in [2.24, 2.45) is 0 Å². The second-order valence-electron chi connectivity index (χ2n) is 8.78. The molecule has 2 aromatic rings. The molecule has 0 saturated heterocycles. The van der Waals surface area contributed by atoms with E-state index >= 15 is 0 Å². The predicted octanol–water partition coefficient (Wildman–Crippen LogP) is 4.54. The van der Waals surface area contributed by atoms with Crippen molar-refractivity contribution in [3.63, 3.8) is 0 Å². The molecule has 0 aromatic heterocycles. The van der Waals surface area contributed by atoms with E-state index in [4.69, 9.17) is 26.4 Å². The Morgan fingerprint density at radius 1 is 1.11 bits per heavy atom. The molecule has 8 nitrogen and oxygen atoms in total. The molecule has 35 heavy (non-hydrogen) atoms. The Labute approximate surface area is 212 Å². The first kappa shape index (κ1) is 28.3. The summed E-state index contributed by atoms with van der Waals surface area (Å²) >= 11 is 5.36. The summed E-state index contributed by atoms with van der Waals surface area (Å²) in [4.78, 5) is 12.5. The minimum Gasteiger partial charge on any atom is -0.445 e. The number of nitrogens with zero attached hydrogens (tertiary/aromatic N) is 1. The van der Waals surface area contributed by atoms with Gasteiger partial charge in [-0.2, -0.15) is 0 Å². The molecule has 1 N–H and O–H groups in total. The molecule has 1 atom stereocenters. The topological polar surface area (TPSA) is 94.2 Å². The Balaban J connectivity index is 2.07. The fourth-order valence-electron chi connectivity index (χ4n) is 2.66. The average molecular weight is 521 g/mol. The van der Waals surface area contributed by atoms with E-state index in [-0.39, 0.29) is 29.0 Å². The zero-order valence-electron chi connectivity index (χ0n) is 20.6. The van der Waals surface area contributed by atoms with Crippen LogP contribution in [0.3, 0.4) is 0 Å². The average Bonchev–Trinajstić information content (AvgIpc) is 2.80. The highest BCUT2D eigenvalue weighted by molar-refractivity contribution is 7.89. The summed E-state index contributed by atoms with van der Waals surface area (Å²) < 4.78 is 43.3. The van der Waals surface area contributed by atoms with Crippen LogP contribution < -0.4 is 5.32 Å². The number of hydrogen-bond acceptors (Lipinski definition) is 7. The molecular weight excluding hydrogens is 488 g/mol. The summed E-state index contributed by atoms with van der Waals surface area (Å²) in [5.41, 5.74) is 1.22. The molecule has 2 rings (SSSR count). The van der Waals surface area contributed by atoms with Crippen molar-refractivity contribution in [1.82, 2.24) is 9.62 Å². The maximum absolute atomic E-state index is 12.9. The first-order chi connectivity index (χ1) is 16.3. The van der Waals surface area contributed by atoms with Gasteiger partial charge in [0.1, 0.15) is 12.6 Å². The van der Waals surface area contributed by atoms with Crippen LogP contribution in [-0.2, 0) is 30.8 Å². The number of sulfonamides is 1. The molecule has 0 aliphatic carbocycles. The van der Waals surface area contributed by atoms with E-state index < -0.39 is 27.8 Å². The molecule has 10 heteroatoms. The number of carbonyl (C=O) groups excluding carboxylic acids is 1. The number of carbonyl (C=O) groups is 1. The summed E-state index contributed by atoms with van der Waals surface area (Å²) in [5.74, 6) is -0.226. The summed E-state index contributed by atoms with van der Waals surface area (Å²) in [6.07, 6.45) is -0.728. The monoisotopic (exact) mass is 520 g/mol. The normalized spacial score (nSPS) is 12.4. The molecule has 0 aliphatic heterocycles. The highest BCUT2D eigenvalue weighted by atomic mass is 32.2. The summed E-state index contributed by atoms with van der Waals surface area (Å²) in [6.45, 7) is 11.2.